The third-order valence-electron chi connectivity index (χ3n) is 4.95. The van der Waals surface area contributed by atoms with Crippen molar-refractivity contribution in [3.05, 3.63) is 57.1 Å². The third-order valence-corrected chi connectivity index (χ3v) is 7.59. The first kappa shape index (κ1) is 19.8. The molecule has 152 valence electrons. The number of fused-ring (bicyclic) bond motifs is 1. The maximum absolute atomic E-state index is 13.2. The lowest BCUT2D eigenvalue weighted by molar-refractivity contribution is 0.0688. The van der Waals surface area contributed by atoms with Crippen LogP contribution in [0, 0.1) is 13.8 Å². The summed E-state index contributed by atoms with van der Waals surface area (Å²) >= 11 is 3.38. The molecule has 0 saturated heterocycles. The number of rotatable bonds is 4. The third kappa shape index (κ3) is 3.28. The molecule has 29 heavy (non-hydrogen) atoms. The van der Waals surface area contributed by atoms with Gasteiger partial charge in [0, 0.05) is 29.5 Å². The van der Waals surface area contributed by atoms with Crippen molar-refractivity contribution < 1.29 is 18.3 Å². The van der Waals surface area contributed by atoms with Crippen LogP contribution >= 0.6 is 15.9 Å². The number of aryl methyl sites for hydroxylation is 2. The number of carbonyl (C=O) groups is 1. The Hall–Kier alpha value is -2.50. The van der Waals surface area contributed by atoms with Crippen LogP contribution in [0.15, 0.2) is 33.6 Å². The summed E-state index contributed by atoms with van der Waals surface area (Å²) in [6.07, 6.45) is 0.348. The molecular formula is C18H18BrN5O4S. The molecule has 11 heteroatoms. The smallest absolute Gasteiger partial charge is 0.356 e. The number of hydrogen-bond donors (Lipinski definition) is 2. The number of carboxylic acids is 1. The van der Waals surface area contributed by atoms with Crippen molar-refractivity contribution in [2.75, 3.05) is 6.54 Å². The summed E-state index contributed by atoms with van der Waals surface area (Å²) < 4.78 is 30.1. The highest BCUT2D eigenvalue weighted by molar-refractivity contribution is 9.10. The van der Waals surface area contributed by atoms with Crippen molar-refractivity contribution in [2.24, 2.45) is 0 Å². The fourth-order valence-electron chi connectivity index (χ4n) is 3.62. The number of hydrogen-bond acceptors (Lipinski definition) is 5. The van der Waals surface area contributed by atoms with E-state index in [-0.39, 0.29) is 23.7 Å². The summed E-state index contributed by atoms with van der Waals surface area (Å²) in [4.78, 5) is 11.9. The summed E-state index contributed by atoms with van der Waals surface area (Å²) in [5, 5.41) is 20.6. The molecule has 9 nitrogen and oxygen atoms in total. The summed E-state index contributed by atoms with van der Waals surface area (Å²) in [5.74, 6) is -1.19. The van der Waals surface area contributed by atoms with E-state index >= 15 is 0 Å². The maximum atomic E-state index is 13.2. The Kier molecular flexibility index (Phi) is 4.83. The van der Waals surface area contributed by atoms with Crippen LogP contribution in [0.5, 0.6) is 0 Å². The second kappa shape index (κ2) is 7.08. The minimum Gasteiger partial charge on any atom is -0.476 e. The van der Waals surface area contributed by atoms with Gasteiger partial charge in [0.1, 0.15) is 4.90 Å². The predicted molar refractivity (Wildman–Crippen MR) is 108 cm³/mol. The van der Waals surface area contributed by atoms with Gasteiger partial charge >= 0.3 is 5.97 Å². The number of aromatic carboxylic acids is 1. The van der Waals surface area contributed by atoms with Gasteiger partial charge in [-0.3, -0.25) is 5.10 Å². The van der Waals surface area contributed by atoms with Gasteiger partial charge in [0.25, 0.3) is 0 Å². The van der Waals surface area contributed by atoms with Gasteiger partial charge < -0.3 is 5.11 Å². The van der Waals surface area contributed by atoms with Crippen molar-refractivity contribution in [2.45, 2.75) is 31.7 Å². The van der Waals surface area contributed by atoms with Crippen molar-refractivity contribution in [1.29, 1.82) is 0 Å². The molecule has 0 radical (unpaired) electrons. The van der Waals surface area contributed by atoms with Crippen molar-refractivity contribution in [1.82, 2.24) is 24.3 Å². The van der Waals surface area contributed by atoms with Crippen molar-refractivity contribution >= 4 is 31.9 Å². The lowest BCUT2D eigenvalue weighted by atomic mass is 10.1. The Balaban J connectivity index is 1.78. The molecule has 0 unspecified atom stereocenters. The van der Waals surface area contributed by atoms with Crippen LogP contribution in [0.4, 0.5) is 0 Å². The van der Waals surface area contributed by atoms with Crippen LogP contribution in [0.25, 0.3) is 5.69 Å². The zero-order chi connectivity index (χ0) is 20.9. The number of aromatic nitrogens is 4. The lowest BCUT2D eigenvalue weighted by Crippen LogP contribution is -2.37. The number of nitrogens with one attached hydrogen (secondary N) is 1. The second-order valence-electron chi connectivity index (χ2n) is 6.82. The van der Waals surface area contributed by atoms with Gasteiger partial charge in [0.2, 0.25) is 10.0 Å². The number of H-pyrrole nitrogens is 1. The molecule has 0 fully saturated rings. The Labute approximate surface area is 175 Å². The van der Waals surface area contributed by atoms with E-state index in [1.165, 1.54) is 4.31 Å². The Morgan fingerprint density at radius 1 is 1.24 bits per heavy atom. The predicted octanol–water partition coefficient (Wildman–Crippen LogP) is 2.42. The first-order chi connectivity index (χ1) is 13.7. The summed E-state index contributed by atoms with van der Waals surface area (Å²) in [6.45, 7) is 3.44. The number of carboxylic acid groups (broad SMARTS) is 1. The zero-order valence-corrected chi connectivity index (χ0v) is 18.1. The van der Waals surface area contributed by atoms with Gasteiger partial charge in [-0.1, -0.05) is 15.9 Å². The molecule has 2 N–H and O–H groups in total. The minimum absolute atomic E-state index is 0.0557. The van der Waals surface area contributed by atoms with Crippen LogP contribution in [0.1, 0.15) is 33.1 Å². The molecule has 0 spiro atoms. The molecular weight excluding hydrogens is 462 g/mol. The molecule has 1 aromatic carbocycles. The van der Waals surface area contributed by atoms with E-state index < -0.39 is 16.0 Å². The largest absolute Gasteiger partial charge is 0.476 e. The van der Waals surface area contributed by atoms with Gasteiger partial charge in [-0.15, -0.1) is 0 Å². The second-order valence-corrected chi connectivity index (χ2v) is 9.61. The number of halogens is 1. The molecule has 0 saturated carbocycles. The molecule has 3 heterocycles. The standard InChI is InChI=1S/C18H18BrN5O4S/c1-10-17(11(2)21-20-10)29(27,28)23-8-7-15-14(9-23)16(18(25)26)22-24(15)13-5-3-12(19)4-6-13/h3-6H,7-9H2,1-2H3,(H,20,21)(H,25,26). The Morgan fingerprint density at radius 3 is 2.52 bits per heavy atom. The monoisotopic (exact) mass is 479 g/mol. The fourth-order valence-corrected chi connectivity index (χ4v) is 5.62. The van der Waals surface area contributed by atoms with E-state index in [9.17, 15) is 18.3 Å². The van der Waals surface area contributed by atoms with Crippen LogP contribution in [-0.2, 0) is 23.0 Å². The normalized spacial score (nSPS) is 14.7. The highest BCUT2D eigenvalue weighted by atomic mass is 79.9. The minimum atomic E-state index is -3.82. The molecule has 3 aromatic rings. The fraction of sp³-hybridized carbons (Fsp3) is 0.278. The molecule has 1 aliphatic rings. The maximum Gasteiger partial charge on any atom is 0.356 e. The van der Waals surface area contributed by atoms with Crippen LogP contribution in [-0.4, -0.2) is 50.3 Å². The molecule has 0 bridgehead atoms. The van der Waals surface area contributed by atoms with Crippen molar-refractivity contribution in [3.63, 3.8) is 0 Å². The first-order valence-corrected chi connectivity index (χ1v) is 11.0. The molecule has 0 aliphatic carbocycles. The van der Waals surface area contributed by atoms with E-state index in [1.807, 2.05) is 24.3 Å². The van der Waals surface area contributed by atoms with E-state index in [0.29, 0.717) is 29.1 Å². The first-order valence-electron chi connectivity index (χ1n) is 8.82. The van der Waals surface area contributed by atoms with E-state index in [1.54, 1.807) is 18.5 Å². The van der Waals surface area contributed by atoms with Gasteiger partial charge in [-0.25, -0.2) is 17.9 Å². The average Bonchev–Trinajstić information content (AvgIpc) is 3.22. The van der Waals surface area contributed by atoms with E-state index in [2.05, 4.69) is 31.2 Å². The van der Waals surface area contributed by atoms with Crippen LogP contribution < -0.4 is 0 Å². The molecule has 0 amide bonds. The van der Waals surface area contributed by atoms with Crippen molar-refractivity contribution in [3.8, 4) is 5.69 Å². The number of aromatic amines is 1. The van der Waals surface area contributed by atoms with Crippen LogP contribution in [0.2, 0.25) is 0 Å². The summed E-state index contributed by atoms with van der Waals surface area (Å²) in [5.41, 5.74) is 2.54. The van der Waals surface area contributed by atoms with E-state index in [4.69, 9.17) is 0 Å². The molecule has 0 atom stereocenters. The van der Waals surface area contributed by atoms with Gasteiger partial charge in [0.15, 0.2) is 5.69 Å². The molecule has 1 aliphatic heterocycles. The summed E-state index contributed by atoms with van der Waals surface area (Å²) in [7, 11) is -3.82. The van der Waals surface area contributed by atoms with Gasteiger partial charge in [-0.05, 0) is 38.1 Å². The van der Waals surface area contributed by atoms with Crippen LogP contribution in [0.3, 0.4) is 0 Å². The number of sulfonamides is 1. The topological polar surface area (TPSA) is 121 Å². The zero-order valence-electron chi connectivity index (χ0n) is 15.7. The Bertz CT molecular complexity index is 1190. The SMILES string of the molecule is Cc1n[nH]c(C)c1S(=O)(=O)N1CCc2c(c(C(=O)O)nn2-c2ccc(Br)cc2)C1. The molecule has 2 aromatic heterocycles. The highest BCUT2D eigenvalue weighted by Gasteiger charge is 2.36. The summed E-state index contributed by atoms with van der Waals surface area (Å²) in [6, 6.07) is 7.33. The average molecular weight is 480 g/mol. The van der Waals surface area contributed by atoms with E-state index in [0.717, 1.165) is 10.2 Å². The Morgan fingerprint density at radius 2 is 1.93 bits per heavy atom. The quantitative estimate of drug-likeness (QED) is 0.592. The van der Waals surface area contributed by atoms with Gasteiger partial charge in [0.05, 0.1) is 22.8 Å². The molecule has 4 rings (SSSR count). The number of nitrogens with zero attached hydrogens (tertiary/aromatic N) is 4. The lowest BCUT2D eigenvalue weighted by Gasteiger charge is -2.27. The van der Waals surface area contributed by atoms with Gasteiger partial charge in [-0.2, -0.15) is 14.5 Å². The number of benzene rings is 1. The highest BCUT2D eigenvalue weighted by Crippen LogP contribution is 2.30.